The normalized spacial score (nSPS) is 19.8. The Labute approximate surface area is 156 Å². The zero-order chi connectivity index (χ0) is 19.0. The van der Waals surface area contributed by atoms with Crippen LogP contribution in [0.1, 0.15) is 41.1 Å². The summed E-state index contributed by atoms with van der Waals surface area (Å²) in [4.78, 5) is 28.1. The van der Waals surface area contributed by atoms with Crippen molar-refractivity contribution in [2.75, 3.05) is 24.5 Å². The standard InChI is InChI=1S/C21H20F2N2O2/c22-17-6-2-7-18(23)20(17)15-9-11-24(13-15)21(27)14-4-1-5-16(12-14)25-10-3-8-19(25)26/h1-2,4-7,12,15H,3,8-11,13H2/t15-/m0/s1. The first-order chi connectivity index (χ1) is 13.0. The highest BCUT2D eigenvalue weighted by atomic mass is 19.1. The molecule has 2 fully saturated rings. The van der Waals surface area contributed by atoms with E-state index in [1.54, 1.807) is 28.0 Å². The predicted molar refractivity (Wildman–Crippen MR) is 97.6 cm³/mol. The van der Waals surface area contributed by atoms with Gasteiger partial charge < -0.3 is 9.80 Å². The molecule has 2 heterocycles. The van der Waals surface area contributed by atoms with Crippen molar-refractivity contribution in [3.05, 3.63) is 65.2 Å². The van der Waals surface area contributed by atoms with Gasteiger partial charge in [-0.05, 0) is 43.2 Å². The average molecular weight is 370 g/mol. The maximum Gasteiger partial charge on any atom is 0.253 e. The van der Waals surface area contributed by atoms with Crippen LogP contribution in [0.25, 0.3) is 0 Å². The molecule has 0 saturated carbocycles. The summed E-state index contributed by atoms with van der Waals surface area (Å²) >= 11 is 0. The predicted octanol–water partition coefficient (Wildman–Crippen LogP) is 3.72. The monoisotopic (exact) mass is 370 g/mol. The summed E-state index contributed by atoms with van der Waals surface area (Å²) in [6.07, 6.45) is 1.87. The van der Waals surface area contributed by atoms with Crippen LogP contribution in [0.15, 0.2) is 42.5 Å². The van der Waals surface area contributed by atoms with Crippen LogP contribution in [-0.4, -0.2) is 36.3 Å². The molecule has 6 heteroatoms. The Morgan fingerprint density at radius 2 is 1.78 bits per heavy atom. The fourth-order valence-corrected chi connectivity index (χ4v) is 3.99. The molecule has 0 aromatic heterocycles. The summed E-state index contributed by atoms with van der Waals surface area (Å²) in [5.74, 6) is -1.59. The second-order valence-electron chi connectivity index (χ2n) is 7.07. The molecule has 4 rings (SSSR count). The minimum absolute atomic E-state index is 0.0595. The zero-order valence-corrected chi connectivity index (χ0v) is 14.8. The van der Waals surface area contributed by atoms with Crippen molar-refractivity contribution in [3.63, 3.8) is 0 Å². The highest BCUT2D eigenvalue weighted by molar-refractivity contribution is 5.99. The van der Waals surface area contributed by atoms with E-state index in [1.807, 2.05) is 6.07 Å². The number of hydrogen-bond donors (Lipinski definition) is 0. The van der Waals surface area contributed by atoms with Crippen LogP contribution in [0.2, 0.25) is 0 Å². The average Bonchev–Trinajstić information content (AvgIpc) is 3.30. The second-order valence-corrected chi connectivity index (χ2v) is 7.07. The number of carbonyl (C=O) groups excluding carboxylic acids is 2. The highest BCUT2D eigenvalue weighted by Crippen LogP contribution is 2.32. The first kappa shape index (κ1) is 17.6. The van der Waals surface area contributed by atoms with E-state index >= 15 is 0 Å². The van der Waals surface area contributed by atoms with E-state index in [0.717, 1.165) is 12.1 Å². The van der Waals surface area contributed by atoms with Gasteiger partial charge in [-0.15, -0.1) is 0 Å². The quantitative estimate of drug-likeness (QED) is 0.826. The van der Waals surface area contributed by atoms with Gasteiger partial charge >= 0.3 is 0 Å². The number of hydrogen-bond acceptors (Lipinski definition) is 2. The van der Waals surface area contributed by atoms with Gasteiger partial charge in [0.2, 0.25) is 5.91 Å². The van der Waals surface area contributed by atoms with Gasteiger partial charge in [0.15, 0.2) is 0 Å². The molecule has 2 aliphatic heterocycles. The molecule has 140 valence electrons. The van der Waals surface area contributed by atoms with Crippen molar-refractivity contribution in [2.45, 2.75) is 25.2 Å². The number of halogens is 2. The van der Waals surface area contributed by atoms with Gasteiger partial charge in [-0.1, -0.05) is 12.1 Å². The van der Waals surface area contributed by atoms with Crippen LogP contribution < -0.4 is 4.90 Å². The molecule has 0 aliphatic carbocycles. The minimum atomic E-state index is -0.566. The van der Waals surface area contributed by atoms with Crippen LogP contribution in [0.4, 0.5) is 14.5 Å². The fourth-order valence-electron chi connectivity index (χ4n) is 3.99. The molecule has 2 aliphatic rings. The van der Waals surface area contributed by atoms with Crippen molar-refractivity contribution >= 4 is 17.5 Å². The molecule has 0 bridgehead atoms. The van der Waals surface area contributed by atoms with Gasteiger partial charge in [0.1, 0.15) is 11.6 Å². The lowest BCUT2D eigenvalue weighted by Crippen LogP contribution is -2.29. The molecule has 1 atom stereocenters. The third-order valence-corrected chi connectivity index (χ3v) is 5.36. The Morgan fingerprint density at radius 3 is 2.48 bits per heavy atom. The Hall–Kier alpha value is -2.76. The summed E-state index contributed by atoms with van der Waals surface area (Å²) < 4.78 is 28.1. The topological polar surface area (TPSA) is 40.6 Å². The van der Waals surface area contributed by atoms with Gasteiger partial charge in [0.25, 0.3) is 5.91 Å². The number of nitrogens with zero attached hydrogens (tertiary/aromatic N) is 2. The van der Waals surface area contributed by atoms with E-state index in [-0.39, 0.29) is 29.8 Å². The van der Waals surface area contributed by atoms with E-state index in [2.05, 4.69) is 0 Å². The highest BCUT2D eigenvalue weighted by Gasteiger charge is 2.31. The number of amides is 2. The van der Waals surface area contributed by atoms with Gasteiger partial charge in [-0.25, -0.2) is 8.78 Å². The maximum atomic E-state index is 14.0. The third-order valence-electron chi connectivity index (χ3n) is 5.36. The number of benzene rings is 2. The molecule has 2 aromatic carbocycles. The van der Waals surface area contributed by atoms with E-state index < -0.39 is 11.6 Å². The molecule has 2 saturated heterocycles. The van der Waals surface area contributed by atoms with Crippen LogP contribution >= 0.6 is 0 Å². The van der Waals surface area contributed by atoms with Crippen molar-refractivity contribution in [2.24, 2.45) is 0 Å². The fraction of sp³-hybridized carbons (Fsp3) is 0.333. The van der Waals surface area contributed by atoms with Crippen molar-refractivity contribution in [1.82, 2.24) is 4.90 Å². The van der Waals surface area contributed by atoms with Crippen LogP contribution in [0.5, 0.6) is 0 Å². The van der Waals surface area contributed by atoms with Crippen LogP contribution in [0.3, 0.4) is 0 Å². The summed E-state index contributed by atoms with van der Waals surface area (Å²) in [6, 6.07) is 10.9. The molecular formula is C21H20F2N2O2. The molecular weight excluding hydrogens is 350 g/mol. The lowest BCUT2D eigenvalue weighted by molar-refractivity contribution is -0.117. The lowest BCUT2D eigenvalue weighted by atomic mass is 9.97. The molecule has 0 unspecified atom stereocenters. The number of anilines is 1. The van der Waals surface area contributed by atoms with Crippen LogP contribution in [-0.2, 0) is 4.79 Å². The summed E-state index contributed by atoms with van der Waals surface area (Å²) in [6.45, 7) is 1.39. The summed E-state index contributed by atoms with van der Waals surface area (Å²) in [5, 5.41) is 0. The molecule has 4 nitrogen and oxygen atoms in total. The molecule has 2 amide bonds. The van der Waals surface area contributed by atoms with Crippen molar-refractivity contribution in [1.29, 1.82) is 0 Å². The molecule has 0 N–H and O–H groups in total. The number of rotatable bonds is 3. The van der Waals surface area contributed by atoms with Gasteiger partial charge in [-0.3, -0.25) is 9.59 Å². The Kier molecular flexibility index (Phi) is 4.64. The zero-order valence-electron chi connectivity index (χ0n) is 14.8. The van der Waals surface area contributed by atoms with E-state index in [0.29, 0.717) is 31.5 Å². The molecule has 0 radical (unpaired) electrons. The molecule has 0 spiro atoms. The number of carbonyl (C=O) groups is 2. The SMILES string of the molecule is O=C(c1cccc(N2CCCC2=O)c1)N1CC[C@H](c2c(F)cccc2F)C1. The first-order valence-corrected chi connectivity index (χ1v) is 9.18. The Bertz CT molecular complexity index is 879. The second kappa shape index (κ2) is 7.10. The van der Waals surface area contributed by atoms with E-state index in [1.165, 1.54) is 18.2 Å². The third kappa shape index (κ3) is 3.31. The minimum Gasteiger partial charge on any atom is -0.338 e. The first-order valence-electron chi connectivity index (χ1n) is 9.18. The molecule has 27 heavy (non-hydrogen) atoms. The summed E-state index contributed by atoms with van der Waals surface area (Å²) in [7, 11) is 0. The molecule has 2 aromatic rings. The number of likely N-dealkylation sites (tertiary alicyclic amines) is 1. The van der Waals surface area contributed by atoms with Gasteiger partial charge in [0.05, 0.1) is 0 Å². The van der Waals surface area contributed by atoms with Crippen molar-refractivity contribution < 1.29 is 18.4 Å². The van der Waals surface area contributed by atoms with E-state index in [4.69, 9.17) is 0 Å². The lowest BCUT2D eigenvalue weighted by Gasteiger charge is -2.20. The Balaban J connectivity index is 1.52. The smallest absolute Gasteiger partial charge is 0.253 e. The summed E-state index contributed by atoms with van der Waals surface area (Å²) in [5.41, 5.74) is 1.27. The van der Waals surface area contributed by atoms with Gasteiger partial charge in [-0.2, -0.15) is 0 Å². The largest absolute Gasteiger partial charge is 0.338 e. The van der Waals surface area contributed by atoms with Crippen LogP contribution in [0, 0.1) is 11.6 Å². The van der Waals surface area contributed by atoms with Gasteiger partial charge in [0, 0.05) is 48.8 Å². The van der Waals surface area contributed by atoms with E-state index in [9.17, 15) is 18.4 Å². The van der Waals surface area contributed by atoms with Crippen molar-refractivity contribution in [3.8, 4) is 0 Å². The Morgan fingerprint density at radius 1 is 1.04 bits per heavy atom. The maximum absolute atomic E-state index is 14.0.